The van der Waals surface area contributed by atoms with E-state index in [4.69, 9.17) is 5.73 Å². The normalized spacial score (nSPS) is 12.5. The first-order valence-corrected chi connectivity index (χ1v) is 6.87. The number of rotatable bonds is 2. The first kappa shape index (κ1) is 13.3. The topological polar surface area (TPSA) is 26.0 Å². The third kappa shape index (κ3) is 2.50. The van der Waals surface area contributed by atoms with Crippen LogP contribution in [0.4, 0.5) is 0 Å². The SMILES string of the molecule is Cc1ccc(C(N)c2cccc(C)c2C)cc1Br. The highest BCUT2D eigenvalue weighted by Crippen LogP contribution is 2.27. The van der Waals surface area contributed by atoms with Crippen LogP contribution in [0.1, 0.15) is 33.9 Å². The van der Waals surface area contributed by atoms with E-state index in [9.17, 15) is 0 Å². The van der Waals surface area contributed by atoms with Crippen molar-refractivity contribution in [3.63, 3.8) is 0 Å². The van der Waals surface area contributed by atoms with Gasteiger partial charge in [-0.15, -0.1) is 0 Å². The molecule has 2 N–H and O–H groups in total. The lowest BCUT2D eigenvalue weighted by Crippen LogP contribution is -2.13. The lowest BCUT2D eigenvalue weighted by molar-refractivity contribution is 0.857. The van der Waals surface area contributed by atoms with E-state index in [1.807, 2.05) is 0 Å². The number of aryl methyl sites for hydroxylation is 2. The molecule has 2 aromatic carbocycles. The Hall–Kier alpha value is -1.12. The van der Waals surface area contributed by atoms with Crippen LogP contribution in [0.3, 0.4) is 0 Å². The highest BCUT2D eigenvalue weighted by atomic mass is 79.9. The Morgan fingerprint density at radius 3 is 2.39 bits per heavy atom. The monoisotopic (exact) mass is 303 g/mol. The maximum Gasteiger partial charge on any atom is 0.0554 e. The van der Waals surface area contributed by atoms with Crippen molar-refractivity contribution < 1.29 is 0 Å². The Kier molecular flexibility index (Phi) is 3.88. The fourth-order valence-electron chi connectivity index (χ4n) is 2.09. The van der Waals surface area contributed by atoms with Gasteiger partial charge in [0.1, 0.15) is 0 Å². The van der Waals surface area contributed by atoms with Crippen molar-refractivity contribution >= 4 is 15.9 Å². The molecule has 94 valence electrons. The van der Waals surface area contributed by atoms with E-state index < -0.39 is 0 Å². The fraction of sp³-hybridized carbons (Fsp3) is 0.250. The molecule has 0 radical (unpaired) electrons. The first-order valence-electron chi connectivity index (χ1n) is 6.08. The summed E-state index contributed by atoms with van der Waals surface area (Å²) < 4.78 is 1.11. The second-order valence-electron chi connectivity index (χ2n) is 4.78. The predicted octanol–water partition coefficient (Wildman–Crippen LogP) is 4.42. The van der Waals surface area contributed by atoms with E-state index in [-0.39, 0.29) is 6.04 Å². The average molecular weight is 304 g/mol. The van der Waals surface area contributed by atoms with Gasteiger partial charge >= 0.3 is 0 Å². The molecule has 0 saturated carbocycles. The molecule has 18 heavy (non-hydrogen) atoms. The summed E-state index contributed by atoms with van der Waals surface area (Å²) in [5.41, 5.74) is 12.5. The summed E-state index contributed by atoms with van der Waals surface area (Å²) in [5, 5.41) is 0. The Bertz CT molecular complexity index is 575. The summed E-state index contributed by atoms with van der Waals surface area (Å²) >= 11 is 3.56. The minimum Gasteiger partial charge on any atom is -0.320 e. The largest absolute Gasteiger partial charge is 0.320 e. The maximum absolute atomic E-state index is 6.38. The van der Waals surface area contributed by atoms with Crippen molar-refractivity contribution in [1.82, 2.24) is 0 Å². The average Bonchev–Trinajstić information content (AvgIpc) is 2.35. The first-order chi connectivity index (χ1) is 8.50. The van der Waals surface area contributed by atoms with Crippen LogP contribution in [0.15, 0.2) is 40.9 Å². The van der Waals surface area contributed by atoms with Crippen LogP contribution in [-0.4, -0.2) is 0 Å². The van der Waals surface area contributed by atoms with Crippen LogP contribution in [0.5, 0.6) is 0 Å². The van der Waals surface area contributed by atoms with Crippen molar-refractivity contribution in [1.29, 1.82) is 0 Å². The smallest absolute Gasteiger partial charge is 0.0554 e. The number of hydrogen-bond donors (Lipinski definition) is 1. The zero-order valence-electron chi connectivity index (χ0n) is 11.0. The standard InChI is InChI=1S/C16H18BrN/c1-10-5-4-6-14(12(10)3)16(18)13-8-7-11(2)15(17)9-13/h4-9,16H,18H2,1-3H3. The predicted molar refractivity (Wildman–Crippen MR) is 80.8 cm³/mol. The van der Waals surface area contributed by atoms with E-state index in [0.717, 1.165) is 10.0 Å². The van der Waals surface area contributed by atoms with Gasteiger partial charge in [-0.2, -0.15) is 0 Å². The molecule has 0 bridgehead atoms. The summed E-state index contributed by atoms with van der Waals surface area (Å²) in [5.74, 6) is 0. The summed E-state index contributed by atoms with van der Waals surface area (Å²) in [6, 6.07) is 12.6. The van der Waals surface area contributed by atoms with Gasteiger partial charge in [0, 0.05) is 4.47 Å². The Morgan fingerprint density at radius 2 is 1.72 bits per heavy atom. The molecule has 0 aromatic heterocycles. The van der Waals surface area contributed by atoms with Crippen molar-refractivity contribution in [3.05, 3.63) is 68.7 Å². The second-order valence-corrected chi connectivity index (χ2v) is 5.63. The van der Waals surface area contributed by atoms with E-state index in [0.29, 0.717) is 0 Å². The molecule has 0 fully saturated rings. The number of benzene rings is 2. The number of hydrogen-bond acceptors (Lipinski definition) is 1. The molecule has 0 heterocycles. The molecule has 2 aromatic rings. The minimum absolute atomic E-state index is 0.0678. The van der Waals surface area contributed by atoms with Gasteiger partial charge in [-0.3, -0.25) is 0 Å². The van der Waals surface area contributed by atoms with Gasteiger partial charge in [0.2, 0.25) is 0 Å². The lowest BCUT2D eigenvalue weighted by atomic mass is 9.93. The molecule has 0 aliphatic carbocycles. The highest BCUT2D eigenvalue weighted by molar-refractivity contribution is 9.10. The molecule has 0 aliphatic rings. The zero-order valence-corrected chi connectivity index (χ0v) is 12.6. The molecule has 0 spiro atoms. The van der Waals surface area contributed by atoms with Gasteiger partial charge in [0.15, 0.2) is 0 Å². The van der Waals surface area contributed by atoms with Crippen LogP contribution in [0, 0.1) is 20.8 Å². The second kappa shape index (κ2) is 5.25. The zero-order chi connectivity index (χ0) is 13.3. The Balaban J connectivity index is 2.44. The molecule has 0 saturated heterocycles. The molecule has 2 heteroatoms. The molecule has 1 unspecified atom stereocenters. The fourth-order valence-corrected chi connectivity index (χ4v) is 2.49. The summed E-state index contributed by atoms with van der Waals surface area (Å²) in [6.45, 7) is 6.33. The van der Waals surface area contributed by atoms with Crippen LogP contribution in [-0.2, 0) is 0 Å². The highest BCUT2D eigenvalue weighted by Gasteiger charge is 2.13. The maximum atomic E-state index is 6.38. The van der Waals surface area contributed by atoms with Crippen LogP contribution >= 0.6 is 15.9 Å². The summed E-state index contributed by atoms with van der Waals surface area (Å²) in [4.78, 5) is 0. The lowest BCUT2D eigenvalue weighted by Gasteiger charge is -2.17. The van der Waals surface area contributed by atoms with E-state index in [2.05, 4.69) is 73.1 Å². The molecule has 2 rings (SSSR count). The third-order valence-electron chi connectivity index (χ3n) is 3.54. The van der Waals surface area contributed by atoms with Crippen molar-refractivity contribution in [3.8, 4) is 0 Å². The third-order valence-corrected chi connectivity index (χ3v) is 4.39. The van der Waals surface area contributed by atoms with E-state index in [1.54, 1.807) is 0 Å². The molecule has 1 atom stereocenters. The van der Waals surface area contributed by atoms with Crippen molar-refractivity contribution in [2.24, 2.45) is 5.73 Å². The van der Waals surface area contributed by atoms with E-state index in [1.165, 1.54) is 22.3 Å². The van der Waals surface area contributed by atoms with Crippen LogP contribution in [0.2, 0.25) is 0 Å². The van der Waals surface area contributed by atoms with Gasteiger partial charge in [-0.05, 0) is 54.7 Å². The molecular formula is C16H18BrN. The Labute approximate surface area is 117 Å². The molecular weight excluding hydrogens is 286 g/mol. The Morgan fingerprint density at radius 1 is 1.00 bits per heavy atom. The molecule has 0 aliphatic heterocycles. The van der Waals surface area contributed by atoms with Gasteiger partial charge < -0.3 is 5.73 Å². The summed E-state index contributed by atoms with van der Waals surface area (Å²) in [7, 11) is 0. The molecule has 0 amide bonds. The van der Waals surface area contributed by atoms with Gasteiger partial charge in [-0.1, -0.05) is 46.3 Å². The van der Waals surface area contributed by atoms with E-state index >= 15 is 0 Å². The summed E-state index contributed by atoms with van der Waals surface area (Å²) in [6.07, 6.45) is 0. The van der Waals surface area contributed by atoms with Gasteiger partial charge in [0.25, 0.3) is 0 Å². The van der Waals surface area contributed by atoms with Crippen LogP contribution in [0.25, 0.3) is 0 Å². The van der Waals surface area contributed by atoms with Crippen molar-refractivity contribution in [2.45, 2.75) is 26.8 Å². The molecule has 1 nitrogen and oxygen atoms in total. The quantitative estimate of drug-likeness (QED) is 0.873. The number of nitrogens with two attached hydrogens (primary N) is 1. The van der Waals surface area contributed by atoms with Gasteiger partial charge in [-0.25, -0.2) is 0 Å². The number of halogens is 1. The van der Waals surface area contributed by atoms with Gasteiger partial charge in [0.05, 0.1) is 6.04 Å². The van der Waals surface area contributed by atoms with Crippen molar-refractivity contribution in [2.75, 3.05) is 0 Å². The minimum atomic E-state index is -0.0678. The van der Waals surface area contributed by atoms with Crippen LogP contribution < -0.4 is 5.73 Å².